The standard InChI is InChI=1S/C26H19FN4O2S/c1-16-5-9-19(10-6-16)25-30-31-23(28)22(24(32)29-26(31)34-25)14-18-3-2-4-21(13-18)33-15-17-7-11-20(27)12-8-17/h2-14,28H,15H2,1H3. The summed E-state index contributed by atoms with van der Waals surface area (Å²) in [4.78, 5) is 16.9. The number of ether oxygens (including phenoxy) is 1. The summed E-state index contributed by atoms with van der Waals surface area (Å²) in [5.74, 6) is -0.215. The molecule has 2 heterocycles. The first-order chi connectivity index (χ1) is 16.5. The molecule has 168 valence electrons. The second-order valence-electron chi connectivity index (χ2n) is 7.78. The first kappa shape index (κ1) is 21.8. The van der Waals surface area contributed by atoms with Crippen molar-refractivity contribution in [3.05, 3.63) is 106 Å². The number of thioether (sulfide) groups is 1. The zero-order valence-electron chi connectivity index (χ0n) is 18.2. The molecule has 0 radical (unpaired) electrons. The fourth-order valence-corrected chi connectivity index (χ4v) is 4.31. The Balaban J connectivity index is 1.35. The maximum absolute atomic E-state index is 13.1. The highest BCUT2D eigenvalue weighted by atomic mass is 32.2. The molecule has 5 rings (SSSR count). The number of carbonyl (C=O) groups is 1. The van der Waals surface area contributed by atoms with Gasteiger partial charge in [0.2, 0.25) is 5.17 Å². The van der Waals surface area contributed by atoms with Crippen LogP contribution in [0.1, 0.15) is 22.3 Å². The fourth-order valence-electron chi connectivity index (χ4n) is 3.41. The lowest BCUT2D eigenvalue weighted by atomic mass is 10.1. The van der Waals surface area contributed by atoms with Gasteiger partial charge < -0.3 is 4.74 Å². The van der Waals surface area contributed by atoms with Gasteiger partial charge >= 0.3 is 0 Å². The van der Waals surface area contributed by atoms with Crippen LogP contribution in [0, 0.1) is 18.2 Å². The second-order valence-corrected chi connectivity index (χ2v) is 8.73. The number of halogens is 1. The van der Waals surface area contributed by atoms with Crippen LogP contribution in [-0.4, -0.2) is 27.0 Å². The Labute approximate surface area is 200 Å². The van der Waals surface area contributed by atoms with Crippen molar-refractivity contribution in [1.29, 1.82) is 5.41 Å². The van der Waals surface area contributed by atoms with Gasteiger partial charge in [-0.2, -0.15) is 15.1 Å². The van der Waals surface area contributed by atoms with Crippen molar-refractivity contribution in [2.75, 3.05) is 0 Å². The van der Waals surface area contributed by atoms with E-state index in [-0.39, 0.29) is 23.8 Å². The van der Waals surface area contributed by atoms with Crippen molar-refractivity contribution in [2.24, 2.45) is 10.1 Å². The number of amides is 1. The lowest BCUT2D eigenvalue weighted by molar-refractivity contribution is -0.114. The largest absolute Gasteiger partial charge is 0.489 e. The monoisotopic (exact) mass is 470 g/mol. The number of aliphatic imine (C=N–C) groups is 1. The van der Waals surface area contributed by atoms with E-state index in [0.717, 1.165) is 16.7 Å². The minimum atomic E-state index is -0.485. The molecule has 3 aromatic rings. The molecule has 6 nitrogen and oxygen atoms in total. The van der Waals surface area contributed by atoms with Gasteiger partial charge in [0, 0.05) is 5.56 Å². The number of aryl methyl sites for hydroxylation is 1. The van der Waals surface area contributed by atoms with Crippen LogP contribution in [-0.2, 0) is 11.4 Å². The first-order valence-electron chi connectivity index (χ1n) is 10.5. The van der Waals surface area contributed by atoms with Crippen LogP contribution >= 0.6 is 11.8 Å². The molecule has 3 aromatic carbocycles. The van der Waals surface area contributed by atoms with Crippen molar-refractivity contribution in [3.63, 3.8) is 0 Å². The van der Waals surface area contributed by atoms with Crippen LogP contribution in [0.5, 0.6) is 5.75 Å². The summed E-state index contributed by atoms with van der Waals surface area (Å²) in [5, 5.41) is 15.5. The van der Waals surface area contributed by atoms with Gasteiger partial charge in [-0.15, -0.1) is 0 Å². The van der Waals surface area contributed by atoms with E-state index in [0.29, 0.717) is 21.5 Å². The van der Waals surface area contributed by atoms with E-state index in [1.165, 1.54) is 28.9 Å². The van der Waals surface area contributed by atoms with Crippen LogP contribution in [0.25, 0.3) is 6.08 Å². The van der Waals surface area contributed by atoms with Crippen LogP contribution in [0.4, 0.5) is 4.39 Å². The van der Waals surface area contributed by atoms with Gasteiger partial charge in [0.05, 0.1) is 5.57 Å². The quantitative estimate of drug-likeness (QED) is 0.508. The predicted octanol–water partition coefficient (Wildman–Crippen LogP) is 5.38. The number of nitrogens with zero attached hydrogens (tertiary/aromatic N) is 3. The predicted molar refractivity (Wildman–Crippen MR) is 132 cm³/mol. The summed E-state index contributed by atoms with van der Waals surface area (Å²) < 4.78 is 18.9. The maximum atomic E-state index is 13.1. The van der Waals surface area contributed by atoms with Crippen molar-refractivity contribution >= 4 is 39.8 Å². The minimum Gasteiger partial charge on any atom is -0.489 e. The van der Waals surface area contributed by atoms with Gasteiger partial charge in [-0.1, -0.05) is 54.1 Å². The molecule has 0 saturated heterocycles. The number of hydrogen-bond donors (Lipinski definition) is 1. The molecule has 0 aromatic heterocycles. The third-order valence-electron chi connectivity index (χ3n) is 5.24. The lowest BCUT2D eigenvalue weighted by Gasteiger charge is -2.20. The van der Waals surface area contributed by atoms with Crippen molar-refractivity contribution in [2.45, 2.75) is 13.5 Å². The fraction of sp³-hybridized carbons (Fsp3) is 0.0769. The number of amidine groups is 2. The Morgan fingerprint density at radius 3 is 2.62 bits per heavy atom. The number of hydrogen-bond acceptors (Lipinski definition) is 5. The Bertz CT molecular complexity index is 1380. The molecular formula is C26H19FN4O2S. The maximum Gasteiger partial charge on any atom is 0.283 e. The molecule has 34 heavy (non-hydrogen) atoms. The second kappa shape index (κ2) is 9.07. The first-order valence-corrected chi connectivity index (χ1v) is 11.3. The Kier molecular flexibility index (Phi) is 5.81. The summed E-state index contributed by atoms with van der Waals surface area (Å²) in [6.07, 6.45) is 1.61. The van der Waals surface area contributed by atoms with Crippen LogP contribution in [0.3, 0.4) is 0 Å². The van der Waals surface area contributed by atoms with Gasteiger partial charge in [0.25, 0.3) is 5.91 Å². The number of hydrazone groups is 1. The Hall–Kier alpha value is -4.04. The summed E-state index contributed by atoms with van der Waals surface area (Å²) in [6.45, 7) is 2.29. The van der Waals surface area contributed by atoms with Gasteiger partial charge in [0.15, 0.2) is 5.84 Å². The molecular weight excluding hydrogens is 451 g/mol. The molecule has 0 unspecified atom stereocenters. The van der Waals surface area contributed by atoms with E-state index in [4.69, 9.17) is 10.1 Å². The smallest absolute Gasteiger partial charge is 0.283 e. The lowest BCUT2D eigenvalue weighted by Crippen LogP contribution is -2.35. The third-order valence-corrected chi connectivity index (χ3v) is 6.20. The van der Waals surface area contributed by atoms with Crippen molar-refractivity contribution in [3.8, 4) is 5.75 Å². The highest BCUT2D eigenvalue weighted by molar-refractivity contribution is 8.27. The molecule has 2 aliphatic heterocycles. The van der Waals surface area contributed by atoms with E-state index in [1.807, 2.05) is 37.3 Å². The molecule has 0 saturated carbocycles. The summed E-state index contributed by atoms with van der Waals surface area (Å²) in [6, 6.07) is 21.2. The van der Waals surface area contributed by atoms with E-state index < -0.39 is 5.91 Å². The Morgan fingerprint density at radius 2 is 1.85 bits per heavy atom. The molecule has 0 aliphatic carbocycles. The van der Waals surface area contributed by atoms with Crippen LogP contribution < -0.4 is 4.74 Å². The number of nitrogens with one attached hydrogen (secondary N) is 1. The molecule has 1 N–H and O–H groups in total. The highest BCUT2D eigenvalue weighted by Gasteiger charge is 2.36. The summed E-state index contributed by atoms with van der Waals surface area (Å²) in [7, 11) is 0. The van der Waals surface area contributed by atoms with E-state index in [9.17, 15) is 9.18 Å². The highest BCUT2D eigenvalue weighted by Crippen LogP contribution is 2.31. The summed E-state index contributed by atoms with van der Waals surface area (Å²) in [5.41, 5.74) is 3.72. The van der Waals surface area contributed by atoms with Gasteiger partial charge in [-0.3, -0.25) is 10.2 Å². The molecule has 0 atom stereocenters. The zero-order valence-corrected chi connectivity index (χ0v) is 19.0. The van der Waals surface area contributed by atoms with Crippen LogP contribution in [0.15, 0.2) is 88.5 Å². The average molecular weight is 471 g/mol. The average Bonchev–Trinajstić information content (AvgIpc) is 3.26. The number of benzene rings is 3. The minimum absolute atomic E-state index is 0.0257. The van der Waals surface area contributed by atoms with Crippen molar-refractivity contribution < 1.29 is 13.9 Å². The summed E-state index contributed by atoms with van der Waals surface area (Å²) >= 11 is 1.27. The molecule has 8 heteroatoms. The van der Waals surface area contributed by atoms with Crippen molar-refractivity contribution in [1.82, 2.24) is 5.01 Å². The number of fused-ring (bicyclic) bond motifs is 1. The molecule has 0 spiro atoms. The van der Waals surface area contributed by atoms with Gasteiger partial charge in [-0.25, -0.2) is 4.39 Å². The van der Waals surface area contributed by atoms with Gasteiger partial charge in [-0.05, 0) is 60.2 Å². The van der Waals surface area contributed by atoms with Gasteiger partial charge in [0.1, 0.15) is 23.2 Å². The van der Waals surface area contributed by atoms with E-state index in [2.05, 4.69) is 10.1 Å². The molecule has 0 bridgehead atoms. The molecule has 2 aliphatic rings. The zero-order chi connectivity index (χ0) is 23.7. The van der Waals surface area contributed by atoms with E-state index >= 15 is 0 Å². The molecule has 0 fully saturated rings. The third kappa shape index (κ3) is 4.53. The number of carbonyl (C=O) groups excluding carboxylic acids is 1. The van der Waals surface area contributed by atoms with E-state index in [1.54, 1.807) is 36.4 Å². The number of rotatable bonds is 5. The van der Waals surface area contributed by atoms with Crippen LogP contribution in [0.2, 0.25) is 0 Å². The topological polar surface area (TPSA) is 78.1 Å². The Morgan fingerprint density at radius 1 is 1.09 bits per heavy atom. The molecule has 1 amide bonds. The normalized spacial score (nSPS) is 16.4. The SMILES string of the molecule is Cc1ccc(C2=NN3C(=N)C(=Cc4cccc(OCc5ccc(F)cc5)c4)C(=O)N=C3S2)cc1.